The van der Waals surface area contributed by atoms with Gasteiger partial charge in [0.2, 0.25) is 5.88 Å². The van der Waals surface area contributed by atoms with Crippen molar-refractivity contribution in [2.45, 2.75) is 31.4 Å². The molecule has 0 N–H and O–H groups in total. The maximum atomic E-state index is 14.8. The molecule has 4 heterocycles. The number of aromatic nitrogens is 3. The molecule has 1 aromatic carbocycles. The van der Waals surface area contributed by atoms with Crippen LogP contribution in [-0.2, 0) is 0 Å². The lowest BCUT2D eigenvalue weighted by atomic mass is 9.77. The van der Waals surface area contributed by atoms with Gasteiger partial charge in [0.1, 0.15) is 11.9 Å². The average Bonchev–Trinajstić information content (AvgIpc) is 2.81. The molecule has 0 radical (unpaired) electrons. The Labute approximate surface area is 184 Å². The lowest BCUT2D eigenvalue weighted by molar-refractivity contribution is 0.0662. The molecule has 2 aromatic heterocycles. The molecule has 2 bridgehead atoms. The van der Waals surface area contributed by atoms with E-state index in [1.54, 1.807) is 30.5 Å². The number of piperidine rings is 2. The van der Waals surface area contributed by atoms with E-state index in [4.69, 9.17) is 16.3 Å². The summed E-state index contributed by atoms with van der Waals surface area (Å²) in [5.41, 5.74) is 1.08. The van der Waals surface area contributed by atoms with Crippen molar-refractivity contribution in [2.75, 3.05) is 11.4 Å². The van der Waals surface area contributed by atoms with Gasteiger partial charge in [-0.25, -0.2) is 19.3 Å². The maximum Gasteiger partial charge on any atom is 0.213 e. The number of carbonyl (C=O) groups is 1. The van der Waals surface area contributed by atoms with Crippen molar-refractivity contribution in [3.05, 3.63) is 65.3 Å². The summed E-state index contributed by atoms with van der Waals surface area (Å²) in [7, 11) is 0. The zero-order valence-electron chi connectivity index (χ0n) is 16.6. The first kappa shape index (κ1) is 19.9. The van der Waals surface area contributed by atoms with Crippen LogP contribution in [0.1, 0.15) is 29.6 Å². The average molecular weight is 439 g/mol. The van der Waals surface area contributed by atoms with Crippen LogP contribution in [0.5, 0.6) is 5.88 Å². The highest BCUT2D eigenvalue weighted by Crippen LogP contribution is 2.42. The zero-order chi connectivity index (χ0) is 21.4. The minimum absolute atomic E-state index is 0.0520. The number of pyridine rings is 1. The largest absolute Gasteiger partial charge is 0.472 e. The molecule has 31 heavy (non-hydrogen) atoms. The minimum atomic E-state index is -0.516. The highest BCUT2D eigenvalue weighted by atomic mass is 35.5. The number of anilines is 1. The predicted molar refractivity (Wildman–Crippen MR) is 115 cm³/mol. The van der Waals surface area contributed by atoms with Crippen molar-refractivity contribution in [3.8, 4) is 17.3 Å². The molecule has 8 heteroatoms. The Morgan fingerprint density at radius 2 is 1.97 bits per heavy atom. The number of hydrogen-bond acceptors (Lipinski definition) is 6. The van der Waals surface area contributed by atoms with Crippen LogP contribution in [0.25, 0.3) is 11.4 Å². The molecule has 6 nitrogen and oxygen atoms in total. The van der Waals surface area contributed by atoms with Crippen LogP contribution in [0.4, 0.5) is 10.1 Å². The normalized spacial score (nSPS) is 22.4. The molecule has 6 rings (SSSR count). The molecule has 3 atom stereocenters. The molecule has 0 unspecified atom stereocenters. The number of benzene rings is 1. The van der Waals surface area contributed by atoms with Gasteiger partial charge in [-0.1, -0.05) is 11.6 Å². The van der Waals surface area contributed by atoms with E-state index in [-0.39, 0.29) is 29.1 Å². The van der Waals surface area contributed by atoms with E-state index in [9.17, 15) is 9.18 Å². The van der Waals surface area contributed by atoms with Crippen LogP contribution in [0.3, 0.4) is 0 Å². The monoisotopic (exact) mass is 438 g/mol. The van der Waals surface area contributed by atoms with Crippen LogP contribution in [0, 0.1) is 11.7 Å². The smallest absolute Gasteiger partial charge is 0.213 e. The first-order valence-corrected chi connectivity index (χ1v) is 10.6. The fraction of sp³-hybridized carbons (Fsp3) is 0.304. The Hall–Kier alpha value is -3.06. The number of ether oxygens (including phenoxy) is 1. The van der Waals surface area contributed by atoms with E-state index in [0.29, 0.717) is 28.8 Å². The standard InChI is InChI=1S/C23H20ClFN4O2/c24-15-3-7-21(28-11-15)31-20-10-14-2-5-19(20)29(12-14)18-6-4-17(25)22(16(18)13-30)23-26-8-1-9-27-23/h1,3-4,6-9,11,13-14,19-20H,2,5,10,12H2/t14-,19+,20-/m1/s1. The van der Waals surface area contributed by atoms with Gasteiger partial charge in [0.25, 0.3) is 0 Å². The lowest BCUT2D eigenvalue weighted by Crippen LogP contribution is -2.58. The van der Waals surface area contributed by atoms with Gasteiger partial charge >= 0.3 is 0 Å². The Morgan fingerprint density at radius 1 is 1.13 bits per heavy atom. The van der Waals surface area contributed by atoms with E-state index in [1.807, 2.05) is 0 Å². The third kappa shape index (κ3) is 3.74. The number of nitrogens with zero attached hydrogens (tertiary/aromatic N) is 4. The SMILES string of the molecule is O=Cc1c(N2C[C@@H]3CC[C@H]2[C@H](Oc2ccc(Cl)cn2)C3)ccc(F)c1-c1ncccn1. The summed E-state index contributed by atoms with van der Waals surface area (Å²) in [6.45, 7) is 0.792. The van der Waals surface area contributed by atoms with Crippen LogP contribution in [0.2, 0.25) is 5.02 Å². The molecule has 3 aromatic rings. The predicted octanol–water partition coefficient (Wildman–Crippen LogP) is 4.58. The van der Waals surface area contributed by atoms with Gasteiger partial charge in [-0.3, -0.25) is 4.79 Å². The second-order valence-corrected chi connectivity index (χ2v) is 8.35. The molecule has 0 amide bonds. The summed E-state index contributed by atoms with van der Waals surface area (Å²) in [5, 5.41) is 0.553. The van der Waals surface area contributed by atoms with Crippen molar-refractivity contribution in [1.29, 1.82) is 0 Å². The fourth-order valence-electron chi connectivity index (χ4n) is 4.73. The van der Waals surface area contributed by atoms with E-state index >= 15 is 0 Å². The van der Waals surface area contributed by atoms with Gasteiger partial charge in [-0.15, -0.1) is 0 Å². The molecule has 1 saturated carbocycles. The molecule has 158 valence electrons. The Bertz CT molecular complexity index is 1100. The van der Waals surface area contributed by atoms with Gasteiger partial charge in [-0.2, -0.15) is 0 Å². The van der Waals surface area contributed by atoms with Gasteiger partial charge in [0, 0.05) is 36.9 Å². The van der Waals surface area contributed by atoms with E-state index < -0.39 is 5.82 Å². The Balaban J connectivity index is 1.51. The van der Waals surface area contributed by atoms with Gasteiger partial charge < -0.3 is 9.64 Å². The van der Waals surface area contributed by atoms with Crippen LogP contribution < -0.4 is 9.64 Å². The topological polar surface area (TPSA) is 68.2 Å². The number of halogens is 2. The van der Waals surface area contributed by atoms with E-state index in [0.717, 1.165) is 25.8 Å². The van der Waals surface area contributed by atoms with E-state index in [2.05, 4.69) is 19.9 Å². The number of carbonyl (C=O) groups excluding carboxylic acids is 1. The van der Waals surface area contributed by atoms with Gasteiger partial charge in [0.15, 0.2) is 12.1 Å². The first-order valence-electron chi connectivity index (χ1n) is 10.2. The molecule has 1 aliphatic carbocycles. The highest BCUT2D eigenvalue weighted by molar-refractivity contribution is 6.30. The lowest BCUT2D eigenvalue weighted by Gasteiger charge is -2.50. The highest BCUT2D eigenvalue weighted by Gasteiger charge is 2.43. The molecular formula is C23H20ClFN4O2. The first-order chi connectivity index (χ1) is 15.1. The zero-order valence-corrected chi connectivity index (χ0v) is 17.4. The van der Waals surface area contributed by atoms with E-state index in [1.165, 1.54) is 18.5 Å². The summed E-state index contributed by atoms with van der Waals surface area (Å²) in [5.74, 6) is 0.625. The van der Waals surface area contributed by atoms with Crippen LogP contribution in [-0.4, -0.2) is 39.9 Å². The molecule has 3 fully saturated rings. The molecule has 0 spiro atoms. The summed E-state index contributed by atoms with van der Waals surface area (Å²) in [6, 6.07) is 8.27. The molecule has 3 aliphatic rings. The van der Waals surface area contributed by atoms with Crippen LogP contribution >= 0.6 is 11.6 Å². The number of hydrogen-bond donors (Lipinski definition) is 0. The van der Waals surface area contributed by atoms with Gasteiger partial charge in [-0.05, 0) is 49.4 Å². The van der Waals surface area contributed by atoms with Crippen molar-refractivity contribution >= 4 is 23.6 Å². The second-order valence-electron chi connectivity index (χ2n) is 7.92. The van der Waals surface area contributed by atoms with Crippen LogP contribution in [0.15, 0.2) is 48.9 Å². The molecule has 2 saturated heterocycles. The van der Waals surface area contributed by atoms with Crippen molar-refractivity contribution in [1.82, 2.24) is 15.0 Å². The van der Waals surface area contributed by atoms with Crippen molar-refractivity contribution in [3.63, 3.8) is 0 Å². The molecule has 2 aliphatic heterocycles. The summed E-state index contributed by atoms with van der Waals surface area (Å²) in [6.07, 6.45) is 8.19. The summed E-state index contributed by atoms with van der Waals surface area (Å²) in [4.78, 5) is 26.9. The Morgan fingerprint density at radius 3 is 2.68 bits per heavy atom. The minimum Gasteiger partial charge on any atom is -0.472 e. The summed E-state index contributed by atoms with van der Waals surface area (Å²) < 4.78 is 21.0. The fourth-order valence-corrected chi connectivity index (χ4v) is 4.84. The quantitative estimate of drug-likeness (QED) is 0.543. The second kappa shape index (κ2) is 8.23. The maximum absolute atomic E-state index is 14.8. The summed E-state index contributed by atoms with van der Waals surface area (Å²) >= 11 is 5.93. The van der Waals surface area contributed by atoms with Crippen molar-refractivity contribution in [2.24, 2.45) is 5.92 Å². The number of rotatable bonds is 5. The molecular weight excluding hydrogens is 419 g/mol. The van der Waals surface area contributed by atoms with Crippen molar-refractivity contribution < 1.29 is 13.9 Å². The number of fused-ring (bicyclic) bond motifs is 3. The Kier molecular flexibility index (Phi) is 5.28. The third-order valence-electron chi connectivity index (χ3n) is 6.08. The third-order valence-corrected chi connectivity index (χ3v) is 6.30. The number of aldehydes is 1. The van der Waals surface area contributed by atoms with Gasteiger partial charge in [0.05, 0.1) is 22.2 Å².